The third-order valence-electron chi connectivity index (χ3n) is 9.33. The van der Waals surface area contributed by atoms with Crippen LogP contribution in [0.3, 0.4) is 0 Å². The van der Waals surface area contributed by atoms with Gasteiger partial charge >= 0.3 is 29.8 Å². The van der Waals surface area contributed by atoms with E-state index in [4.69, 9.17) is 28.4 Å². The van der Waals surface area contributed by atoms with Gasteiger partial charge in [-0.15, -0.1) is 0 Å². The summed E-state index contributed by atoms with van der Waals surface area (Å²) in [6, 6.07) is 34.0. The Morgan fingerprint density at radius 1 is 0.600 bits per heavy atom. The van der Waals surface area contributed by atoms with Crippen LogP contribution < -0.4 is 23.7 Å². The van der Waals surface area contributed by atoms with E-state index < -0.39 is 41.7 Å². The number of rotatable bonds is 19. The molecule has 310 valence electrons. The van der Waals surface area contributed by atoms with Crippen LogP contribution in [0.15, 0.2) is 127 Å². The number of benzene rings is 5. The Bertz CT molecular complexity index is 2240. The van der Waals surface area contributed by atoms with Crippen molar-refractivity contribution in [3.05, 3.63) is 155 Å². The van der Waals surface area contributed by atoms with E-state index in [-0.39, 0.29) is 13.0 Å². The molecule has 0 spiro atoms. The first kappa shape index (κ1) is 44.1. The molecule has 2 unspecified atom stereocenters. The van der Waals surface area contributed by atoms with Crippen molar-refractivity contribution < 1.29 is 52.4 Å². The van der Waals surface area contributed by atoms with Crippen LogP contribution in [0.25, 0.3) is 6.08 Å². The van der Waals surface area contributed by atoms with Gasteiger partial charge in [-0.05, 0) is 136 Å². The molecule has 0 amide bonds. The number of hydrogen-bond donors (Lipinski definition) is 0. The van der Waals surface area contributed by atoms with Gasteiger partial charge in [0.1, 0.15) is 28.7 Å². The second-order valence-corrected chi connectivity index (χ2v) is 14.1. The highest BCUT2D eigenvalue weighted by molar-refractivity contribution is 5.93. The van der Waals surface area contributed by atoms with Gasteiger partial charge in [0.15, 0.2) is 0 Å². The number of carbonyl (C=O) groups is 5. The lowest BCUT2D eigenvalue weighted by Crippen LogP contribution is -2.26. The largest absolute Gasteiger partial charge is 0.494 e. The molecule has 0 fully saturated rings. The van der Waals surface area contributed by atoms with Crippen LogP contribution in [-0.4, -0.2) is 43.1 Å². The third-order valence-corrected chi connectivity index (χ3v) is 9.33. The maximum absolute atomic E-state index is 12.9. The predicted molar refractivity (Wildman–Crippen MR) is 225 cm³/mol. The molecule has 11 nitrogen and oxygen atoms in total. The molecule has 60 heavy (non-hydrogen) atoms. The minimum atomic E-state index is -0.558. The van der Waals surface area contributed by atoms with Gasteiger partial charge in [0.2, 0.25) is 0 Å². The Hall–Kier alpha value is -7.01. The molecule has 0 aliphatic carbocycles. The van der Waals surface area contributed by atoms with E-state index in [1.165, 1.54) is 18.2 Å². The molecule has 11 heteroatoms. The molecule has 0 bridgehead atoms. The Morgan fingerprint density at radius 3 is 1.85 bits per heavy atom. The summed E-state index contributed by atoms with van der Waals surface area (Å²) in [5.74, 6) is -1.59. The second kappa shape index (κ2) is 22.2. The molecule has 0 saturated heterocycles. The number of ether oxygens (including phenoxy) is 6. The lowest BCUT2D eigenvalue weighted by molar-refractivity contribution is -0.149. The molecular formula is C49H48O11. The molecule has 5 aromatic carbocycles. The molecule has 0 aromatic heterocycles. The molecule has 0 radical (unpaired) electrons. The van der Waals surface area contributed by atoms with Gasteiger partial charge in [-0.25, -0.2) is 14.4 Å². The number of unbranched alkanes of at least 4 members (excludes halogenated alkanes) is 1. The number of carbonyl (C=O) groups excluding carboxylic acids is 5. The van der Waals surface area contributed by atoms with Gasteiger partial charge in [-0.2, -0.15) is 0 Å². The fraction of sp³-hybridized carbons (Fsp3) is 0.245. The predicted octanol–water partition coefficient (Wildman–Crippen LogP) is 9.72. The van der Waals surface area contributed by atoms with Gasteiger partial charge in [-0.1, -0.05) is 61.9 Å². The Labute approximate surface area is 349 Å². The summed E-state index contributed by atoms with van der Waals surface area (Å²) in [4.78, 5) is 63.2. The van der Waals surface area contributed by atoms with Crippen molar-refractivity contribution >= 4 is 35.9 Å². The summed E-state index contributed by atoms with van der Waals surface area (Å²) in [5.41, 5.74) is 3.18. The highest BCUT2D eigenvalue weighted by Crippen LogP contribution is 2.25. The molecule has 0 N–H and O–H groups in total. The lowest BCUT2D eigenvalue weighted by Gasteiger charge is -2.18. The van der Waals surface area contributed by atoms with Gasteiger partial charge in [0.25, 0.3) is 0 Å². The van der Waals surface area contributed by atoms with Gasteiger partial charge < -0.3 is 28.4 Å². The SMILES string of the molecule is CCC(CC(C)C(=O)OCCCCOc1ccc(C(=O)Oc2ccc(C(=O)Oc3ccc(C)cc3)cc2C)cc1)C(=O)Oc1ccc(OC(=O)C=Cc2ccccc2)cc1. The van der Waals surface area contributed by atoms with E-state index in [1.807, 2.05) is 56.3 Å². The first-order chi connectivity index (χ1) is 29.0. The molecule has 0 aliphatic heterocycles. The number of hydrogen-bond acceptors (Lipinski definition) is 11. The maximum Gasteiger partial charge on any atom is 0.343 e. The second-order valence-electron chi connectivity index (χ2n) is 14.1. The Morgan fingerprint density at radius 2 is 1.18 bits per heavy atom. The summed E-state index contributed by atoms with van der Waals surface area (Å²) >= 11 is 0. The summed E-state index contributed by atoms with van der Waals surface area (Å²) in [6.45, 7) is 7.83. The monoisotopic (exact) mass is 812 g/mol. The summed E-state index contributed by atoms with van der Waals surface area (Å²) in [6.07, 6.45) is 4.92. The standard InChI is InChI=1S/C49H48O11/c1-5-37(47(52)58-43-25-23-41(24-26-43)57-45(50)28-15-36-11-7-6-8-12-36)32-35(4)46(51)56-30-10-9-29-55-40-21-16-38(17-22-40)48(53)60-44-27-18-39(31-34(44)3)49(54)59-42-19-13-33(2)14-20-42/h6-8,11-28,31,35,37H,5,9-10,29-30,32H2,1-4H3. The van der Waals surface area contributed by atoms with Gasteiger partial charge in [0.05, 0.1) is 36.2 Å². The summed E-state index contributed by atoms with van der Waals surface area (Å²) < 4.78 is 33.1. The van der Waals surface area contributed by atoms with E-state index in [1.54, 1.807) is 86.7 Å². The van der Waals surface area contributed by atoms with Crippen molar-refractivity contribution in [2.45, 2.75) is 53.4 Å². The highest BCUT2D eigenvalue weighted by Gasteiger charge is 2.26. The molecule has 5 rings (SSSR count). The number of esters is 5. The number of aryl methyl sites for hydroxylation is 2. The fourth-order valence-electron chi connectivity index (χ4n) is 5.82. The minimum Gasteiger partial charge on any atom is -0.494 e. The smallest absolute Gasteiger partial charge is 0.343 e. The van der Waals surface area contributed by atoms with E-state index >= 15 is 0 Å². The van der Waals surface area contributed by atoms with Crippen LogP contribution in [0.5, 0.6) is 28.7 Å². The quantitative estimate of drug-likeness (QED) is 0.0341. The average Bonchev–Trinajstić information content (AvgIpc) is 3.25. The normalized spacial score (nSPS) is 11.9. The molecule has 2 atom stereocenters. The van der Waals surface area contributed by atoms with E-state index in [0.29, 0.717) is 71.3 Å². The Balaban J connectivity index is 0.960. The van der Waals surface area contributed by atoms with Crippen molar-refractivity contribution in [1.82, 2.24) is 0 Å². The molecule has 0 aliphatic rings. The van der Waals surface area contributed by atoms with Crippen molar-refractivity contribution in [2.75, 3.05) is 13.2 Å². The van der Waals surface area contributed by atoms with Crippen LogP contribution in [0.2, 0.25) is 0 Å². The molecule has 0 heterocycles. The fourth-order valence-corrected chi connectivity index (χ4v) is 5.82. The van der Waals surface area contributed by atoms with Crippen LogP contribution in [0.4, 0.5) is 0 Å². The molecular weight excluding hydrogens is 765 g/mol. The van der Waals surface area contributed by atoms with E-state index in [0.717, 1.165) is 11.1 Å². The lowest BCUT2D eigenvalue weighted by atomic mass is 9.94. The highest BCUT2D eigenvalue weighted by atomic mass is 16.6. The molecule has 0 saturated carbocycles. The topological polar surface area (TPSA) is 141 Å². The zero-order valence-corrected chi connectivity index (χ0v) is 34.1. The van der Waals surface area contributed by atoms with Crippen molar-refractivity contribution in [1.29, 1.82) is 0 Å². The van der Waals surface area contributed by atoms with Crippen LogP contribution in [0.1, 0.15) is 76.9 Å². The van der Waals surface area contributed by atoms with E-state index in [2.05, 4.69) is 0 Å². The van der Waals surface area contributed by atoms with Crippen LogP contribution >= 0.6 is 0 Å². The third kappa shape index (κ3) is 13.8. The minimum absolute atomic E-state index is 0.200. The average molecular weight is 813 g/mol. The molecule has 5 aromatic rings. The van der Waals surface area contributed by atoms with Crippen LogP contribution in [-0.2, 0) is 19.1 Å². The van der Waals surface area contributed by atoms with Crippen molar-refractivity contribution in [3.63, 3.8) is 0 Å². The van der Waals surface area contributed by atoms with Gasteiger partial charge in [-0.3, -0.25) is 9.59 Å². The zero-order valence-electron chi connectivity index (χ0n) is 34.1. The maximum atomic E-state index is 12.9. The van der Waals surface area contributed by atoms with Gasteiger partial charge in [0, 0.05) is 6.08 Å². The first-order valence-corrected chi connectivity index (χ1v) is 19.7. The summed E-state index contributed by atoms with van der Waals surface area (Å²) in [7, 11) is 0. The zero-order chi connectivity index (χ0) is 42.9. The van der Waals surface area contributed by atoms with Crippen molar-refractivity contribution in [3.8, 4) is 28.7 Å². The van der Waals surface area contributed by atoms with Crippen LogP contribution in [0, 0.1) is 25.7 Å². The summed E-state index contributed by atoms with van der Waals surface area (Å²) in [5, 5.41) is 0. The Kier molecular flexibility index (Phi) is 16.3. The van der Waals surface area contributed by atoms with E-state index in [9.17, 15) is 24.0 Å². The van der Waals surface area contributed by atoms with Crippen molar-refractivity contribution in [2.24, 2.45) is 11.8 Å². The first-order valence-electron chi connectivity index (χ1n) is 19.7.